The first kappa shape index (κ1) is 15.4. The molecule has 0 amide bonds. The van der Waals surface area contributed by atoms with Crippen molar-refractivity contribution in [2.75, 3.05) is 19.0 Å². The van der Waals surface area contributed by atoms with Crippen molar-refractivity contribution in [3.05, 3.63) is 52.4 Å². The van der Waals surface area contributed by atoms with Crippen LogP contribution < -0.4 is 10.2 Å². The Morgan fingerprint density at radius 2 is 1.91 bits per heavy atom. The average molecular weight is 307 g/mol. The van der Waals surface area contributed by atoms with Crippen molar-refractivity contribution in [3.63, 3.8) is 0 Å². The van der Waals surface area contributed by atoms with E-state index in [1.54, 1.807) is 0 Å². The highest BCUT2D eigenvalue weighted by Gasteiger charge is 2.35. The third-order valence-electron chi connectivity index (χ3n) is 4.64. The van der Waals surface area contributed by atoms with Crippen LogP contribution in [0.5, 0.6) is 0 Å². The molecule has 0 saturated heterocycles. The van der Waals surface area contributed by atoms with Crippen molar-refractivity contribution < 1.29 is 4.79 Å². The van der Waals surface area contributed by atoms with E-state index in [4.69, 9.17) is 0 Å². The first-order valence-corrected chi connectivity index (χ1v) is 7.94. The summed E-state index contributed by atoms with van der Waals surface area (Å²) in [5, 5.41) is 12.9. The molecule has 1 atom stereocenters. The van der Waals surface area contributed by atoms with E-state index in [1.165, 1.54) is 0 Å². The van der Waals surface area contributed by atoms with Crippen LogP contribution >= 0.6 is 0 Å². The highest BCUT2D eigenvalue weighted by atomic mass is 16.1. The lowest BCUT2D eigenvalue weighted by atomic mass is 9.75. The molecule has 1 aromatic carbocycles. The molecule has 1 aliphatic carbocycles. The standard InChI is InChI=1S/C19H21N3O/c1-12-15(11-20)18(13-7-9-14(10-8-13)22(2)3)19-16(21-12)5-4-6-17(19)23/h7-10,18,21H,4-6H2,1-3H3. The van der Waals surface area contributed by atoms with E-state index in [1.807, 2.05) is 50.2 Å². The number of anilines is 1. The second-order valence-corrected chi connectivity index (χ2v) is 6.36. The Hall–Kier alpha value is -2.54. The maximum Gasteiger partial charge on any atom is 0.161 e. The Morgan fingerprint density at radius 3 is 2.52 bits per heavy atom. The summed E-state index contributed by atoms with van der Waals surface area (Å²) >= 11 is 0. The predicted molar refractivity (Wildman–Crippen MR) is 90.8 cm³/mol. The van der Waals surface area contributed by atoms with Gasteiger partial charge in [-0.15, -0.1) is 0 Å². The molecule has 1 heterocycles. The minimum atomic E-state index is -0.236. The molecule has 118 valence electrons. The fourth-order valence-electron chi connectivity index (χ4n) is 3.43. The molecular weight excluding hydrogens is 286 g/mol. The zero-order chi connectivity index (χ0) is 16.6. The van der Waals surface area contributed by atoms with E-state index in [0.717, 1.165) is 41.1 Å². The van der Waals surface area contributed by atoms with Gasteiger partial charge >= 0.3 is 0 Å². The van der Waals surface area contributed by atoms with Gasteiger partial charge in [0.1, 0.15) is 0 Å². The SMILES string of the molecule is CC1=C(C#N)C(c2ccc(N(C)C)cc2)C2=C(CCCC2=O)N1. The maximum absolute atomic E-state index is 12.5. The zero-order valence-corrected chi connectivity index (χ0v) is 13.8. The summed E-state index contributed by atoms with van der Waals surface area (Å²) in [7, 11) is 3.99. The van der Waals surface area contributed by atoms with Crippen LogP contribution in [0.15, 0.2) is 46.8 Å². The lowest BCUT2D eigenvalue weighted by molar-refractivity contribution is -0.116. The lowest BCUT2D eigenvalue weighted by Crippen LogP contribution is -2.31. The zero-order valence-electron chi connectivity index (χ0n) is 13.8. The fraction of sp³-hybridized carbons (Fsp3) is 0.368. The van der Waals surface area contributed by atoms with Crippen LogP contribution in [0.2, 0.25) is 0 Å². The van der Waals surface area contributed by atoms with Gasteiger partial charge in [0.2, 0.25) is 0 Å². The molecule has 0 saturated carbocycles. The van der Waals surface area contributed by atoms with Gasteiger partial charge in [-0.3, -0.25) is 4.79 Å². The first-order chi connectivity index (χ1) is 11.0. The van der Waals surface area contributed by atoms with Crippen LogP contribution in [0.25, 0.3) is 0 Å². The molecule has 1 aromatic rings. The number of nitrogens with zero attached hydrogens (tertiary/aromatic N) is 2. The molecule has 2 aliphatic rings. The first-order valence-electron chi connectivity index (χ1n) is 7.94. The van der Waals surface area contributed by atoms with Gasteiger partial charge in [0.15, 0.2) is 5.78 Å². The summed E-state index contributed by atoms with van der Waals surface area (Å²) in [4.78, 5) is 14.6. The van der Waals surface area contributed by atoms with Gasteiger partial charge in [-0.25, -0.2) is 0 Å². The molecule has 23 heavy (non-hydrogen) atoms. The second kappa shape index (κ2) is 5.92. The van der Waals surface area contributed by atoms with Crippen molar-refractivity contribution in [1.82, 2.24) is 5.32 Å². The third-order valence-corrected chi connectivity index (χ3v) is 4.64. The van der Waals surface area contributed by atoms with E-state index < -0.39 is 0 Å². The topological polar surface area (TPSA) is 56.1 Å². The minimum Gasteiger partial charge on any atom is -0.378 e. The molecule has 0 fully saturated rings. The number of allylic oxidation sites excluding steroid dienone is 4. The number of nitriles is 1. The van der Waals surface area contributed by atoms with Crippen LogP contribution in [-0.2, 0) is 4.79 Å². The van der Waals surface area contributed by atoms with Gasteiger partial charge in [0, 0.05) is 43.2 Å². The minimum absolute atomic E-state index is 0.167. The molecule has 1 N–H and O–H groups in total. The van der Waals surface area contributed by atoms with E-state index in [2.05, 4.69) is 11.4 Å². The van der Waals surface area contributed by atoms with E-state index in [9.17, 15) is 10.1 Å². The second-order valence-electron chi connectivity index (χ2n) is 6.36. The number of dihydropyridines is 1. The molecule has 3 rings (SSSR count). The summed E-state index contributed by atoms with van der Waals surface area (Å²) in [5.74, 6) is -0.0686. The summed E-state index contributed by atoms with van der Waals surface area (Å²) in [6, 6.07) is 10.4. The van der Waals surface area contributed by atoms with Gasteiger partial charge in [0.05, 0.1) is 17.6 Å². The van der Waals surface area contributed by atoms with Gasteiger partial charge in [-0.2, -0.15) is 5.26 Å². The van der Waals surface area contributed by atoms with Crippen LogP contribution in [0.4, 0.5) is 5.69 Å². The number of hydrogen-bond acceptors (Lipinski definition) is 4. The number of rotatable bonds is 2. The van der Waals surface area contributed by atoms with Crippen molar-refractivity contribution in [2.45, 2.75) is 32.1 Å². The molecule has 1 unspecified atom stereocenters. The number of carbonyl (C=O) groups is 1. The van der Waals surface area contributed by atoms with Crippen LogP contribution in [0.1, 0.15) is 37.7 Å². The van der Waals surface area contributed by atoms with Crippen LogP contribution in [0.3, 0.4) is 0 Å². The predicted octanol–water partition coefficient (Wildman–Crippen LogP) is 3.24. The number of benzene rings is 1. The largest absolute Gasteiger partial charge is 0.378 e. The molecule has 1 aliphatic heterocycles. The highest BCUT2D eigenvalue weighted by molar-refractivity contribution is 5.99. The molecule has 4 nitrogen and oxygen atoms in total. The summed E-state index contributed by atoms with van der Waals surface area (Å²) < 4.78 is 0. The van der Waals surface area contributed by atoms with Crippen LogP contribution in [-0.4, -0.2) is 19.9 Å². The van der Waals surface area contributed by atoms with Gasteiger partial charge < -0.3 is 10.2 Å². The molecule has 0 aromatic heterocycles. The molecular formula is C19H21N3O. The summed E-state index contributed by atoms with van der Waals surface area (Å²) in [6.07, 6.45) is 2.33. The summed E-state index contributed by atoms with van der Waals surface area (Å²) in [6.45, 7) is 1.92. The molecule has 0 spiro atoms. The Labute approximate surface area is 137 Å². The number of nitrogens with one attached hydrogen (secondary N) is 1. The number of hydrogen-bond donors (Lipinski definition) is 1. The highest BCUT2D eigenvalue weighted by Crippen LogP contribution is 2.41. The van der Waals surface area contributed by atoms with Gasteiger partial charge in [0.25, 0.3) is 0 Å². The average Bonchev–Trinajstić information content (AvgIpc) is 2.54. The molecule has 0 radical (unpaired) electrons. The Balaban J connectivity index is 2.11. The Morgan fingerprint density at radius 1 is 1.22 bits per heavy atom. The smallest absolute Gasteiger partial charge is 0.161 e. The van der Waals surface area contributed by atoms with Gasteiger partial charge in [-0.05, 0) is 37.5 Å². The van der Waals surface area contributed by atoms with Crippen molar-refractivity contribution in [1.29, 1.82) is 5.26 Å². The van der Waals surface area contributed by atoms with Crippen molar-refractivity contribution >= 4 is 11.5 Å². The Bertz CT molecular complexity index is 748. The fourth-order valence-corrected chi connectivity index (χ4v) is 3.43. The monoisotopic (exact) mass is 307 g/mol. The Kier molecular flexibility index (Phi) is 3.96. The maximum atomic E-state index is 12.5. The summed E-state index contributed by atoms with van der Waals surface area (Å²) in [5.41, 5.74) is 5.41. The third kappa shape index (κ3) is 2.63. The van der Waals surface area contributed by atoms with Crippen LogP contribution in [0, 0.1) is 11.3 Å². The normalized spacial score (nSPS) is 20.8. The molecule has 4 heteroatoms. The number of carbonyl (C=O) groups excluding carboxylic acids is 1. The molecule has 0 bridgehead atoms. The van der Waals surface area contributed by atoms with Gasteiger partial charge in [-0.1, -0.05) is 12.1 Å². The van der Waals surface area contributed by atoms with E-state index >= 15 is 0 Å². The van der Waals surface area contributed by atoms with Crippen molar-refractivity contribution in [2.24, 2.45) is 0 Å². The van der Waals surface area contributed by atoms with E-state index in [-0.39, 0.29) is 11.7 Å². The lowest BCUT2D eigenvalue weighted by Gasteiger charge is -2.32. The number of ketones is 1. The van der Waals surface area contributed by atoms with E-state index in [0.29, 0.717) is 12.0 Å². The quantitative estimate of drug-likeness (QED) is 0.911. The number of Topliss-reactive ketones (excluding diaryl/α,β-unsaturated/α-hetero) is 1. The van der Waals surface area contributed by atoms with Crippen molar-refractivity contribution in [3.8, 4) is 6.07 Å².